The number of para-hydroxylation sites is 3. The van der Waals surface area contributed by atoms with Crippen molar-refractivity contribution < 1.29 is 19.2 Å². The van der Waals surface area contributed by atoms with Crippen molar-refractivity contribution in [3.8, 4) is 5.75 Å². The lowest BCUT2D eigenvalue weighted by molar-refractivity contribution is -0.915. The lowest BCUT2D eigenvalue weighted by Crippen LogP contribution is -3.19. The SMILES string of the molecule is COc1ccccc1N1CC[NH+]([C@@H]2CC(=O)N(c3ccccc3C)C2=O)CC1. The van der Waals surface area contributed by atoms with Gasteiger partial charge in [-0.15, -0.1) is 0 Å². The first-order valence-electron chi connectivity index (χ1n) is 9.75. The monoisotopic (exact) mass is 380 g/mol. The Morgan fingerprint density at radius 3 is 2.29 bits per heavy atom. The number of carbonyl (C=O) groups excluding carboxylic acids is 2. The van der Waals surface area contributed by atoms with E-state index in [4.69, 9.17) is 4.74 Å². The van der Waals surface area contributed by atoms with Crippen molar-refractivity contribution >= 4 is 23.2 Å². The van der Waals surface area contributed by atoms with Crippen LogP contribution in [0.5, 0.6) is 5.75 Å². The standard InChI is InChI=1S/C22H25N3O3/c1-16-7-3-4-8-17(16)25-21(26)15-19(22(25)27)24-13-11-23(12-14-24)18-9-5-6-10-20(18)28-2/h3-10,19H,11-15H2,1-2H3/p+1/t19-/m1/s1. The smallest absolute Gasteiger partial charge is 0.292 e. The van der Waals surface area contributed by atoms with Crippen molar-refractivity contribution in [2.24, 2.45) is 0 Å². The first kappa shape index (κ1) is 18.5. The maximum absolute atomic E-state index is 13.1. The summed E-state index contributed by atoms with van der Waals surface area (Å²) in [6.45, 7) is 5.24. The van der Waals surface area contributed by atoms with Gasteiger partial charge in [0.1, 0.15) is 5.75 Å². The molecule has 2 saturated heterocycles. The van der Waals surface area contributed by atoms with Gasteiger partial charge in [0.25, 0.3) is 5.91 Å². The number of imide groups is 1. The predicted octanol–water partition coefficient (Wildman–Crippen LogP) is 1.04. The molecule has 0 radical (unpaired) electrons. The Kier molecular flexibility index (Phi) is 5.05. The fourth-order valence-electron chi connectivity index (χ4n) is 4.29. The van der Waals surface area contributed by atoms with Crippen molar-refractivity contribution in [3.63, 3.8) is 0 Å². The highest BCUT2D eigenvalue weighted by Gasteiger charge is 2.46. The van der Waals surface area contributed by atoms with Crippen molar-refractivity contribution in [1.82, 2.24) is 0 Å². The van der Waals surface area contributed by atoms with Crippen LogP contribution in [-0.4, -0.2) is 51.1 Å². The molecule has 0 saturated carbocycles. The lowest BCUT2D eigenvalue weighted by Gasteiger charge is -2.36. The summed E-state index contributed by atoms with van der Waals surface area (Å²) < 4.78 is 5.48. The molecule has 2 amide bonds. The summed E-state index contributed by atoms with van der Waals surface area (Å²) in [5.74, 6) is 0.702. The summed E-state index contributed by atoms with van der Waals surface area (Å²) in [5.41, 5.74) is 2.74. The quantitative estimate of drug-likeness (QED) is 0.806. The minimum absolute atomic E-state index is 0.0694. The minimum Gasteiger partial charge on any atom is -0.495 e. The molecule has 2 aromatic carbocycles. The Hall–Kier alpha value is -2.86. The van der Waals surface area contributed by atoms with Gasteiger partial charge in [0.05, 0.1) is 51.1 Å². The summed E-state index contributed by atoms with van der Waals surface area (Å²) in [5, 5.41) is 0. The van der Waals surface area contributed by atoms with Crippen LogP contribution in [0.2, 0.25) is 0 Å². The van der Waals surface area contributed by atoms with E-state index in [1.807, 2.05) is 49.4 Å². The molecular weight excluding hydrogens is 354 g/mol. The number of hydrogen-bond donors (Lipinski definition) is 1. The normalized spacial score (nSPS) is 20.7. The molecule has 0 unspecified atom stereocenters. The molecule has 1 atom stereocenters. The molecule has 28 heavy (non-hydrogen) atoms. The number of benzene rings is 2. The molecule has 0 aliphatic carbocycles. The van der Waals surface area contributed by atoms with Gasteiger partial charge >= 0.3 is 0 Å². The van der Waals surface area contributed by atoms with Crippen LogP contribution in [0.15, 0.2) is 48.5 Å². The fraction of sp³-hybridized carbons (Fsp3) is 0.364. The van der Waals surface area contributed by atoms with Gasteiger partial charge in [0.15, 0.2) is 6.04 Å². The fourth-order valence-corrected chi connectivity index (χ4v) is 4.29. The first-order chi connectivity index (χ1) is 13.6. The van der Waals surface area contributed by atoms with Gasteiger partial charge in [0, 0.05) is 0 Å². The average molecular weight is 380 g/mol. The Bertz CT molecular complexity index is 890. The number of quaternary nitrogens is 1. The summed E-state index contributed by atoms with van der Waals surface area (Å²) in [4.78, 5) is 30.6. The van der Waals surface area contributed by atoms with E-state index < -0.39 is 0 Å². The van der Waals surface area contributed by atoms with E-state index in [9.17, 15) is 9.59 Å². The zero-order valence-electron chi connectivity index (χ0n) is 16.4. The van der Waals surface area contributed by atoms with Gasteiger partial charge in [-0.2, -0.15) is 0 Å². The molecular formula is C22H26N3O3+. The van der Waals surface area contributed by atoms with E-state index in [0.717, 1.165) is 43.2 Å². The zero-order valence-corrected chi connectivity index (χ0v) is 16.4. The molecule has 6 heteroatoms. The number of carbonyl (C=O) groups is 2. The zero-order chi connectivity index (χ0) is 19.7. The predicted molar refractivity (Wildman–Crippen MR) is 108 cm³/mol. The number of nitrogens with zero attached hydrogens (tertiary/aromatic N) is 2. The van der Waals surface area contributed by atoms with Crippen LogP contribution < -0.4 is 19.4 Å². The van der Waals surface area contributed by atoms with Crippen molar-refractivity contribution in [2.75, 3.05) is 43.1 Å². The molecule has 4 rings (SSSR count). The molecule has 6 nitrogen and oxygen atoms in total. The van der Waals surface area contributed by atoms with E-state index in [-0.39, 0.29) is 24.3 Å². The topological polar surface area (TPSA) is 54.3 Å². The molecule has 146 valence electrons. The second-order valence-corrected chi connectivity index (χ2v) is 7.43. The highest BCUT2D eigenvalue weighted by molar-refractivity contribution is 6.22. The van der Waals surface area contributed by atoms with Gasteiger partial charge in [0.2, 0.25) is 5.91 Å². The number of rotatable bonds is 4. The molecule has 0 bridgehead atoms. The van der Waals surface area contributed by atoms with Crippen LogP contribution in [0.3, 0.4) is 0 Å². The van der Waals surface area contributed by atoms with Crippen molar-refractivity contribution in [2.45, 2.75) is 19.4 Å². The Labute approximate surface area is 165 Å². The molecule has 0 aromatic heterocycles. The number of nitrogens with one attached hydrogen (secondary N) is 1. The van der Waals surface area contributed by atoms with Crippen molar-refractivity contribution in [1.29, 1.82) is 0 Å². The van der Waals surface area contributed by atoms with Crippen LogP contribution in [0.1, 0.15) is 12.0 Å². The van der Waals surface area contributed by atoms with Gasteiger partial charge in [-0.3, -0.25) is 9.59 Å². The third kappa shape index (κ3) is 3.24. The number of piperazine rings is 1. The number of amides is 2. The maximum Gasteiger partial charge on any atom is 0.292 e. The highest BCUT2D eigenvalue weighted by atomic mass is 16.5. The van der Waals surface area contributed by atoms with Gasteiger partial charge < -0.3 is 14.5 Å². The Morgan fingerprint density at radius 2 is 1.61 bits per heavy atom. The third-order valence-electron chi connectivity index (χ3n) is 5.83. The second kappa shape index (κ2) is 7.64. The molecule has 2 heterocycles. The lowest BCUT2D eigenvalue weighted by atomic mass is 10.1. The van der Waals surface area contributed by atoms with E-state index in [0.29, 0.717) is 5.69 Å². The first-order valence-corrected chi connectivity index (χ1v) is 9.75. The highest BCUT2D eigenvalue weighted by Crippen LogP contribution is 2.28. The van der Waals surface area contributed by atoms with Crippen LogP contribution >= 0.6 is 0 Å². The van der Waals surface area contributed by atoms with Crippen LogP contribution in [0, 0.1) is 6.92 Å². The van der Waals surface area contributed by atoms with E-state index in [2.05, 4.69) is 11.0 Å². The maximum atomic E-state index is 13.1. The number of ether oxygens (including phenoxy) is 1. The molecule has 2 fully saturated rings. The van der Waals surface area contributed by atoms with Crippen molar-refractivity contribution in [3.05, 3.63) is 54.1 Å². The molecule has 1 N–H and O–H groups in total. The summed E-state index contributed by atoms with van der Waals surface area (Å²) in [6.07, 6.45) is 0.289. The van der Waals surface area contributed by atoms with Gasteiger partial charge in [-0.1, -0.05) is 30.3 Å². The van der Waals surface area contributed by atoms with E-state index >= 15 is 0 Å². The molecule has 2 aliphatic rings. The largest absolute Gasteiger partial charge is 0.495 e. The minimum atomic E-state index is -0.285. The number of hydrogen-bond acceptors (Lipinski definition) is 4. The number of anilines is 2. The van der Waals surface area contributed by atoms with Crippen LogP contribution in [0.25, 0.3) is 0 Å². The van der Waals surface area contributed by atoms with Crippen LogP contribution in [0.4, 0.5) is 11.4 Å². The number of methoxy groups -OCH3 is 1. The van der Waals surface area contributed by atoms with E-state index in [1.54, 1.807) is 7.11 Å². The summed E-state index contributed by atoms with van der Waals surface area (Å²) in [7, 11) is 1.68. The summed E-state index contributed by atoms with van der Waals surface area (Å²) >= 11 is 0. The third-order valence-corrected chi connectivity index (χ3v) is 5.83. The van der Waals surface area contributed by atoms with Gasteiger partial charge in [-0.25, -0.2) is 4.90 Å². The second-order valence-electron chi connectivity index (χ2n) is 7.43. The Morgan fingerprint density at radius 1 is 0.964 bits per heavy atom. The Balaban J connectivity index is 1.46. The molecule has 2 aromatic rings. The summed E-state index contributed by atoms with van der Waals surface area (Å²) in [6, 6.07) is 15.3. The molecule has 0 spiro atoms. The van der Waals surface area contributed by atoms with E-state index in [1.165, 1.54) is 9.80 Å². The number of aryl methyl sites for hydroxylation is 1. The van der Waals surface area contributed by atoms with Crippen LogP contribution in [-0.2, 0) is 9.59 Å². The molecule has 2 aliphatic heterocycles. The average Bonchev–Trinajstić information content (AvgIpc) is 3.02. The van der Waals surface area contributed by atoms with Gasteiger partial charge in [-0.05, 0) is 30.7 Å².